The summed E-state index contributed by atoms with van der Waals surface area (Å²) in [5.74, 6) is 1.55. The Morgan fingerprint density at radius 1 is 1.25 bits per heavy atom. The van der Waals surface area contributed by atoms with Crippen molar-refractivity contribution < 1.29 is 9.47 Å². The molecule has 0 saturated heterocycles. The van der Waals surface area contributed by atoms with E-state index in [-0.39, 0.29) is 6.04 Å². The lowest BCUT2D eigenvalue weighted by Gasteiger charge is -2.16. The number of hydrogen-bond donors (Lipinski definition) is 3. The molecular formula is C22H24N8O2. The minimum absolute atomic E-state index is 0.0138. The summed E-state index contributed by atoms with van der Waals surface area (Å²) < 4.78 is 12.6. The number of anilines is 3. The summed E-state index contributed by atoms with van der Waals surface area (Å²) in [5.41, 5.74) is 3.68. The summed E-state index contributed by atoms with van der Waals surface area (Å²) in [5, 5.41) is 20.9. The van der Waals surface area contributed by atoms with Crippen LogP contribution in [0.3, 0.4) is 0 Å². The zero-order valence-electron chi connectivity index (χ0n) is 18.3. The van der Waals surface area contributed by atoms with Gasteiger partial charge in [0.1, 0.15) is 23.3 Å². The lowest BCUT2D eigenvalue weighted by Crippen LogP contribution is -2.22. The van der Waals surface area contributed by atoms with Gasteiger partial charge < -0.3 is 25.1 Å². The molecule has 0 aliphatic carbocycles. The first-order chi connectivity index (χ1) is 15.5. The number of hydrogen-bond acceptors (Lipinski definition) is 8. The Balaban J connectivity index is 1.71. The SMILES string of the molecule is COC[C@@H](C)Nc1nc(Nc2ccc(-c3ccnn3C)cc2OC)nc2[nH]cc(C#N)c12. The first kappa shape index (κ1) is 21.1. The van der Waals surface area contributed by atoms with E-state index in [1.807, 2.05) is 38.2 Å². The highest BCUT2D eigenvalue weighted by molar-refractivity contribution is 5.93. The number of H-pyrrole nitrogens is 1. The van der Waals surface area contributed by atoms with Crippen molar-refractivity contribution in [2.45, 2.75) is 13.0 Å². The topological polar surface area (TPSA) is 126 Å². The molecule has 0 fully saturated rings. The number of nitrogens with one attached hydrogen (secondary N) is 3. The third-order valence-electron chi connectivity index (χ3n) is 5.02. The minimum Gasteiger partial charge on any atom is -0.495 e. The molecule has 1 atom stereocenters. The highest BCUT2D eigenvalue weighted by atomic mass is 16.5. The van der Waals surface area contributed by atoms with E-state index in [2.05, 4.69) is 36.8 Å². The lowest BCUT2D eigenvalue weighted by atomic mass is 10.1. The number of nitrogens with zero attached hydrogens (tertiary/aromatic N) is 5. The van der Waals surface area contributed by atoms with Crippen molar-refractivity contribution in [2.24, 2.45) is 7.05 Å². The second-order valence-electron chi connectivity index (χ2n) is 7.31. The van der Waals surface area contributed by atoms with Crippen LogP contribution < -0.4 is 15.4 Å². The third kappa shape index (κ3) is 4.06. The summed E-state index contributed by atoms with van der Waals surface area (Å²) in [6.45, 7) is 2.47. The van der Waals surface area contributed by atoms with Crippen LogP contribution in [0.1, 0.15) is 12.5 Å². The maximum atomic E-state index is 9.47. The molecule has 10 heteroatoms. The molecule has 3 heterocycles. The lowest BCUT2D eigenvalue weighted by molar-refractivity contribution is 0.190. The Labute approximate surface area is 185 Å². The Kier molecular flexibility index (Phi) is 5.91. The van der Waals surface area contributed by atoms with Crippen LogP contribution in [0.25, 0.3) is 22.3 Å². The van der Waals surface area contributed by atoms with Crippen molar-refractivity contribution >= 4 is 28.5 Å². The highest BCUT2D eigenvalue weighted by Gasteiger charge is 2.17. The molecule has 4 rings (SSSR count). The number of benzene rings is 1. The fourth-order valence-electron chi connectivity index (χ4n) is 3.54. The van der Waals surface area contributed by atoms with Gasteiger partial charge in [-0.15, -0.1) is 0 Å². The Hall–Kier alpha value is -4.10. The summed E-state index contributed by atoms with van der Waals surface area (Å²) in [4.78, 5) is 12.2. The van der Waals surface area contributed by atoms with Gasteiger partial charge in [-0.05, 0) is 25.1 Å². The van der Waals surface area contributed by atoms with Crippen LogP contribution in [-0.2, 0) is 11.8 Å². The van der Waals surface area contributed by atoms with Gasteiger partial charge in [-0.3, -0.25) is 4.68 Å². The molecule has 0 aliphatic rings. The number of rotatable bonds is 8. The van der Waals surface area contributed by atoms with Crippen LogP contribution in [-0.4, -0.2) is 51.6 Å². The summed E-state index contributed by atoms with van der Waals surface area (Å²) >= 11 is 0. The molecular weight excluding hydrogens is 408 g/mol. The van der Waals surface area contributed by atoms with Crippen molar-refractivity contribution in [3.05, 3.63) is 42.2 Å². The molecule has 0 radical (unpaired) electrons. The average molecular weight is 432 g/mol. The molecule has 32 heavy (non-hydrogen) atoms. The van der Waals surface area contributed by atoms with Crippen LogP contribution in [0, 0.1) is 11.3 Å². The van der Waals surface area contributed by atoms with Gasteiger partial charge in [0.25, 0.3) is 0 Å². The van der Waals surface area contributed by atoms with Crippen molar-refractivity contribution in [3.63, 3.8) is 0 Å². The molecule has 4 aromatic rings. The molecule has 3 aromatic heterocycles. The number of methoxy groups -OCH3 is 2. The smallest absolute Gasteiger partial charge is 0.231 e. The second-order valence-corrected chi connectivity index (χ2v) is 7.31. The average Bonchev–Trinajstić information content (AvgIpc) is 3.40. The van der Waals surface area contributed by atoms with Crippen LogP contribution >= 0.6 is 0 Å². The van der Waals surface area contributed by atoms with Crippen molar-refractivity contribution in [1.82, 2.24) is 24.7 Å². The predicted molar refractivity (Wildman–Crippen MR) is 122 cm³/mol. The first-order valence-corrected chi connectivity index (χ1v) is 10.0. The fourth-order valence-corrected chi connectivity index (χ4v) is 3.54. The molecule has 0 aliphatic heterocycles. The molecule has 0 spiro atoms. The van der Waals surface area contributed by atoms with E-state index in [4.69, 9.17) is 9.47 Å². The van der Waals surface area contributed by atoms with E-state index in [1.165, 1.54) is 0 Å². The maximum absolute atomic E-state index is 9.47. The monoisotopic (exact) mass is 432 g/mol. The van der Waals surface area contributed by atoms with Gasteiger partial charge in [-0.2, -0.15) is 20.3 Å². The zero-order chi connectivity index (χ0) is 22.7. The zero-order valence-corrected chi connectivity index (χ0v) is 18.3. The number of aromatic amines is 1. The van der Waals surface area contributed by atoms with E-state index in [9.17, 15) is 5.26 Å². The Morgan fingerprint density at radius 2 is 2.09 bits per heavy atom. The first-order valence-electron chi connectivity index (χ1n) is 10.0. The minimum atomic E-state index is -0.0138. The normalized spacial score (nSPS) is 11.8. The van der Waals surface area contributed by atoms with Gasteiger partial charge in [-0.1, -0.05) is 6.07 Å². The number of ether oxygens (including phenoxy) is 2. The largest absolute Gasteiger partial charge is 0.495 e. The van der Waals surface area contributed by atoms with E-state index >= 15 is 0 Å². The molecule has 10 nitrogen and oxygen atoms in total. The third-order valence-corrected chi connectivity index (χ3v) is 5.02. The summed E-state index contributed by atoms with van der Waals surface area (Å²) in [6, 6.07) is 9.92. The van der Waals surface area contributed by atoms with Crippen LogP contribution in [0.5, 0.6) is 5.75 Å². The molecule has 164 valence electrons. The molecule has 0 saturated carbocycles. The van der Waals surface area contributed by atoms with Gasteiger partial charge in [0, 0.05) is 38.2 Å². The van der Waals surface area contributed by atoms with Crippen LogP contribution in [0.15, 0.2) is 36.7 Å². The molecule has 0 unspecified atom stereocenters. The van der Waals surface area contributed by atoms with Crippen LogP contribution in [0.2, 0.25) is 0 Å². The molecule has 3 N–H and O–H groups in total. The molecule has 1 aromatic carbocycles. The highest BCUT2D eigenvalue weighted by Crippen LogP contribution is 2.33. The fraction of sp³-hybridized carbons (Fsp3) is 0.273. The van der Waals surface area contributed by atoms with Gasteiger partial charge in [0.05, 0.1) is 36.0 Å². The number of aryl methyl sites for hydroxylation is 1. The standard InChI is InChI=1S/C22H24N8O2/c1-13(12-31-3)26-21-19-15(10-23)11-24-20(19)28-22(29-21)27-16-6-5-14(9-18(16)32-4)17-7-8-25-30(17)2/h5-9,11,13H,12H2,1-4H3,(H3,24,26,27,28,29)/t13-/m1/s1. The van der Waals surface area contributed by atoms with Gasteiger partial charge in [-0.25, -0.2) is 0 Å². The van der Waals surface area contributed by atoms with E-state index in [0.29, 0.717) is 46.4 Å². The number of aromatic nitrogens is 5. The van der Waals surface area contributed by atoms with E-state index < -0.39 is 0 Å². The van der Waals surface area contributed by atoms with Gasteiger partial charge in [0.15, 0.2) is 0 Å². The second kappa shape index (κ2) is 8.95. The molecule has 0 amide bonds. The van der Waals surface area contributed by atoms with Crippen molar-refractivity contribution in [3.8, 4) is 23.1 Å². The maximum Gasteiger partial charge on any atom is 0.231 e. The van der Waals surface area contributed by atoms with Crippen LogP contribution in [0.4, 0.5) is 17.5 Å². The van der Waals surface area contributed by atoms with Crippen molar-refractivity contribution in [1.29, 1.82) is 5.26 Å². The number of fused-ring (bicyclic) bond motifs is 1. The number of nitriles is 1. The van der Waals surface area contributed by atoms with E-state index in [0.717, 1.165) is 11.3 Å². The summed E-state index contributed by atoms with van der Waals surface area (Å²) in [6.07, 6.45) is 3.38. The predicted octanol–water partition coefficient (Wildman–Crippen LogP) is 3.43. The molecule has 0 bridgehead atoms. The van der Waals surface area contributed by atoms with Gasteiger partial charge in [0.2, 0.25) is 5.95 Å². The quantitative estimate of drug-likeness (QED) is 0.387. The Bertz CT molecular complexity index is 1290. The Morgan fingerprint density at radius 3 is 2.78 bits per heavy atom. The van der Waals surface area contributed by atoms with E-state index in [1.54, 1.807) is 31.3 Å². The van der Waals surface area contributed by atoms with Gasteiger partial charge >= 0.3 is 0 Å². The van der Waals surface area contributed by atoms with Crippen molar-refractivity contribution in [2.75, 3.05) is 31.5 Å². The summed E-state index contributed by atoms with van der Waals surface area (Å²) in [7, 11) is 5.14.